The molecule has 168 valence electrons. The van der Waals surface area contributed by atoms with Crippen molar-refractivity contribution in [1.29, 1.82) is 0 Å². The maximum atomic E-state index is 12.9. The van der Waals surface area contributed by atoms with Crippen molar-refractivity contribution in [2.24, 2.45) is 11.8 Å². The second kappa shape index (κ2) is 9.44. The molecular formula is C20H31N3O7. The summed E-state index contributed by atoms with van der Waals surface area (Å²) in [4.78, 5) is 67.1. The topological polar surface area (TPSA) is 122 Å². The standard InChI is InChI=1S/C20H31N3O7/c1-12(2)16(21-19(28)29-20(3,4)5)17(26)22-10-8-13(9-11-22)18(27)30-23-14(24)6-7-15(23)25/h12-13,16H,6-11H2,1-5H3,(H,21,28)/t16-/m0/s1. The molecule has 2 fully saturated rings. The van der Waals surface area contributed by atoms with Crippen LogP contribution in [0.15, 0.2) is 0 Å². The molecule has 0 aromatic carbocycles. The molecule has 10 heteroatoms. The number of rotatable bonds is 5. The highest BCUT2D eigenvalue weighted by Crippen LogP contribution is 2.22. The lowest BCUT2D eigenvalue weighted by Crippen LogP contribution is -2.54. The lowest BCUT2D eigenvalue weighted by atomic mass is 9.95. The number of hydrogen-bond donors (Lipinski definition) is 1. The fourth-order valence-corrected chi connectivity index (χ4v) is 3.30. The van der Waals surface area contributed by atoms with Crippen molar-refractivity contribution >= 4 is 29.8 Å². The van der Waals surface area contributed by atoms with Gasteiger partial charge in [-0.05, 0) is 39.5 Å². The molecule has 0 bridgehead atoms. The Morgan fingerprint density at radius 1 is 1.03 bits per heavy atom. The Bertz CT molecular complexity index is 690. The Hall–Kier alpha value is -2.65. The van der Waals surface area contributed by atoms with E-state index in [1.54, 1.807) is 25.7 Å². The summed E-state index contributed by atoms with van der Waals surface area (Å²) in [5.74, 6) is -2.58. The van der Waals surface area contributed by atoms with E-state index in [9.17, 15) is 24.0 Å². The number of hydroxylamine groups is 2. The van der Waals surface area contributed by atoms with Crippen molar-refractivity contribution in [3.8, 4) is 0 Å². The maximum absolute atomic E-state index is 12.9. The van der Waals surface area contributed by atoms with Crippen molar-refractivity contribution in [2.45, 2.75) is 71.9 Å². The van der Waals surface area contributed by atoms with Crippen LogP contribution in [0.2, 0.25) is 0 Å². The Labute approximate surface area is 176 Å². The van der Waals surface area contributed by atoms with Crippen LogP contribution in [-0.2, 0) is 28.8 Å². The summed E-state index contributed by atoms with van der Waals surface area (Å²) in [5.41, 5.74) is -0.675. The van der Waals surface area contributed by atoms with Gasteiger partial charge in [-0.2, -0.15) is 0 Å². The number of imide groups is 1. The van der Waals surface area contributed by atoms with Crippen molar-refractivity contribution in [3.05, 3.63) is 0 Å². The van der Waals surface area contributed by atoms with Gasteiger partial charge in [-0.25, -0.2) is 9.59 Å². The van der Waals surface area contributed by atoms with E-state index in [-0.39, 0.29) is 24.7 Å². The zero-order valence-electron chi connectivity index (χ0n) is 18.2. The van der Waals surface area contributed by atoms with Gasteiger partial charge in [0.05, 0.1) is 5.92 Å². The number of amides is 4. The molecule has 0 unspecified atom stereocenters. The van der Waals surface area contributed by atoms with Gasteiger partial charge in [0.2, 0.25) is 5.91 Å². The summed E-state index contributed by atoms with van der Waals surface area (Å²) in [7, 11) is 0. The van der Waals surface area contributed by atoms with Crippen molar-refractivity contribution < 1.29 is 33.5 Å². The molecule has 0 aliphatic carbocycles. The van der Waals surface area contributed by atoms with E-state index in [2.05, 4.69) is 5.32 Å². The van der Waals surface area contributed by atoms with Crippen molar-refractivity contribution in [1.82, 2.24) is 15.3 Å². The Balaban J connectivity index is 1.89. The van der Waals surface area contributed by atoms with Gasteiger partial charge in [-0.3, -0.25) is 14.4 Å². The first-order valence-corrected chi connectivity index (χ1v) is 10.2. The van der Waals surface area contributed by atoms with E-state index >= 15 is 0 Å². The molecule has 0 aromatic heterocycles. The number of alkyl carbamates (subject to hydrolysis) is 1. The second-order valence-corrected chi connectivity index (χ2v) is 8.96. The van der Waals surface area contributed by atoms with Gasteiger partial charge in [0.25, 0.3) is 11.8 Å². The van der Waals surface area contributed by atoms with Crippen LogP contribution < -0.4 is 5.32 Å². The molecule has 1 N–H and O–H groups in total. The lowest BCUT2D eigenvalue weighted by molar-refractivity contribution is -0.201. The summed E-state index contributed by atoms with van der Waals surface area (Å²) in [6.07, 6.45) is 0.115. The molecular weight excluding hydrogens is 394 g/mol. The molecule has 0 radical (unpaired) electrons. The Morgan fingerprint density at radius 2 is 1.57 bits per heavy atom. The van der Waals surface area contributed by atoms with Gasteiger partial charge < -0.3 is 19.8 Å². The van der Waals surface area contributed by atoms with E-state index in [4.69, 9.17) is 9.57 Å². The van der Waals surface area contributed by atoms with Gasteiger partial charge in [-0.15, -0.1) is 5.06 Å². The van der Waals surface area contributed by atoms with E-state index in [0.717, 1.165) is 0 Å². The highest BCUT2D eigenvalue weighted by atomic mass is 16.7. The fourth-order valence-electron chi connectivity index (χ4n) is 3.30. The van der Waals surface area contributed by atoms with Gasteiger partial charge in [0.15, 0.2) is 0 Å². The van der Waals surface area contributed by atoms with Crippen molar-refractivity contribution in [3.63, 3.8) is 0 Å². The van der Waals surface area contributed by atoms with Gasteiger partial charge in [-0.1, -0.05) is 13.8 Å². The molecule has 0 saturated carbocycles. The average molecular weight is 425 g/mol. The van der Waals surface area contributed by atoms with Crippen molar-refractivity contribution in [2.75, 3.05) is 13.1 Å². The average Bonchev–Trinajstić information content (AvgIpc) is 2.96. The van der Waals surface area contributed by atoms with Crippen LogP contribution >= 0.6 is 0 Å². The molecule has 1 atom stereocenters. The predicted molar refractivity (Wildman–Crippen MR) is 104 cm³/mol. The van der Waals surface area contributed by atoms with E-state index < -0.39 is 41.4 Å². The van der Waals surface area contributed by atoms with Gasteiger partial charge >= 0.3 is 12.1 Å². The van der Waals surface area contributed by atoms with E-state index in [1.807, 2.05) is 13.8 Å². The normalized spacial score (nSPS) is 19.1. The molecule has 2 aliphatic rings. The number of carbonyl (C=O) groups is 5. The first kappa shape index (κ1) is 23.6. The summed E-state index contributed by atoms with van der Waals surface area (Å²) in [6, 6.07) is -0.747. The highest BCUT2D eigenvalue weighted by molar-refractivity contribution is 6.01. The number of carbonyl (C=O) groups excluding carboxylic acids is 5. The zero-order valence-corrected chi connectivity index (χ0v) is 18.2. The highest BCUT2D eigenvalue weighted by Gasteiger charge is 2.38. The molecule has 4 amide bonds. The second-order valence-electron chi connectivity index (χ2n) is 8.96. The minimum Gasteiger partial charge on any atom is -0.444 e. The molecule has 2 aliphatic heterocycles. The predicted octanol–water partition coefficient (Wildman–Crippen LogP) is 1.38. The summed E-state index contributed by atoms with van der Waals surface area (Å²) < 4.78 is 5.24. The molecule has 0 spiro atoms. The number of nitrogens with zero attached hydrogens (tertiary/aromatic N) is 2. The van der Waals surface area contributed by atoms with Crippen LogP contribution in [0.1, 0.15) is 60.3 Å². The third-order valence-electron chi connectivity index (χ3n) is 4.93. The quantitative estimate of drug-likeness (QED) is 0.660. The number of nitrogens with one attached hydrogen (secondary N) is 1. The number of hydrogen-bond acceptors (Lipinski definition) is 7. The van der Waals surface area contributed by atoms with Crippen LogP contribution in [-0.4, -0.2) is 64.5 Å². The lowest BCUT2D eigenvalue weighted by Gasteiger charge is -2.35. The molecule has 10 nitrogen and oxygen atoms in total. The minimum absolute atomic E-state index is 0.0420. The fraction of sp³-hybridized carbons (Fsp3) is 0.750. The van der Waals surface area contributed by atoms with Crippen LogP contribution in [0.25, 0.3) is 0 Å². The SMILES string of the molecule is CC(C)[C@H](NC(=O)OC(C)(C)C)C(=O)N1CCC(C(=O)ON2C(=O)CCC2=O)CC1. The molecule has 2 heterocycles. The number of piperidine rings is 1. The Kier molecular flexibility index (Phi) is 7.44. The smallest absolute Gasteiger partial charge is 0.408 e. The maximum Gasteiger partial charge on any atom is 0.408 e. The monoisotopic (exact) mass is 425 g/mol. The third kappa shape index (κ3) is 6.17. The molecule has 2 saturated heterocycles. The largest absolute Gasteiger partial charge is 0.444 e. The van der Waals surface area contributed by atoms with Crippen LogP contribution in [0.3, 0.4) is 0 Å². The summed E-state index contributed by atoms with van der Waals surface area (Å²) in [6.45, 7) is 9.49. The van der Waals surface area contributed by atoms with Gasteiger partial charge in [0.1, 0.15) is 11.6 Å². The summed E-state index contributed by atoms with van der Waals surface area (Å²) >= 11 is 0. The Morgan fingerprint density at radius 3 is 2.03 bits per heavy atom. The van der Waals surface area contributed by atoms with Crippen LogP contribution in [0.4, 0.5) is 4.79 Å². The summed E-state index contributed by atoms with van der Waals surface area (Å²) in [5, 5.41) is 3.18. The molecule has 0 aromatic rings. The first-order chi connectivity index (χ1) is 13.9. The zero-order chi connectivity index (χ0) is 22.6. The van der Waals surface area contributed by atoms with Gasteiger partial charge in [0, 0.05) is 25.9 Å². The third-order valence-corrected chi connectivity index (χ3v) is 4.93. The number of likely N-dealkylation sites (tertiary alicyclic amines) is 1. The molecule has 30 heavy (non-hydrogen) atoms. The molecule has 2 rings (SSSR count). The number of ether oxygens (including phenoxy) is 1. The van der Waals surface area contributed by atoms with Crippen LogP contribution in [0, 0.1) is 11.8 Å². The first-order valence-electron chi connectivity index (χ1n) is 10.2. The minimum atomic E-state index is -0.747. The van der Waals surface area contributed by atoms with E-state index in [0.29, 0.717) is 31.0 Å². The van der Waals surface area contributed by atoms with Crippen LogP contribution in [0.5, 0.6) is 0 Å². The van der Waals surface area contributed by atoms with E-state index in [1.165, 1.54) is 0 Å².